The first-order chi connectivity index (χ1) is 11.8. The van der Waals surface area contributed by atoms with E-state index in [1.165, 1.54) is 31.2 Å². The Morgan fingerprint density at radius 3 is 2.68 bits per heavy atom. The summed E-state index contributed by atoms with van der Waals surface area (Å²) in [5, 5.41) is 15.9. The minimum Gasteiger partial charge on any atom is -0.465 e. The van der Waals surface area contributed by atoms with Gasteiger partial charge < -0.3 is 4.74 Å². The van der Waals surface area contributed by atoms with Crippen LogP contribution in [0.3, 0.4) is 0 Å². The lowest BCUT2D eigenvalue weighted by Gasteiger charge is -2.27. The number of para-hydroxylation sites is 1. The minimum absolute atomic E-state index is 0.0362. The quantitative estimate of drug-likeness (QED) is 0.350. The Kier molecular flexibility index (Phi) is 5.42. The monoisotopic (exact) mass is 348 g/mol. The Morgan fingerprint density at radius 2 is 2.08 bits per heavy atom. The summed E-state index contributed by atoms with van der Waals surface area (Å²) in [6.45, 7) is 2.82. The molecule has 1 aliphatic heterocycles. The summed E-state index contributed by atoms with van der Waals surface area (Å²) < 4.78 is 4.89. The van der Waals surface area contributed by atoms with Crippen LogP contribution in [0.1, 0.15) is 25.5 Å². The standard InChI is InChI=1S/C15H16N4O6/c1-3-25-14(22)11-12(9-6-4-5-7-10(9)19(23)24)17-15(16-8(2)20)18-13(11)21/h4-7,11-12H,3H2,1-2H3,(H2,16,17,18,20,21). The lowest BCUT2D eigenvalue weighted by molar-refractivity contribution is -0.385. The average Bonchev–Trinajstić information content (AvgIpc) is 2.53. The molecule has 0 fully saturated rings. The molecule has 0 spiro atoms. The molecule has 2 unspecified atom stereocenters. The lowest BCUT2D eigenvalue weighted by Crippen LogP contribution is -2.52. The maximum absolute atomic E-state index is 12.4. The van der Waals surface area contributed by atoms with Crippen molar-refractivity contribution in [2.75, 3.05) is 6.61 Å². The SMILES string of the molecule is CCOC(=O)C1C(=O)NC(NC(C)=O)=NC1c1ccccc1[N+](=O)[O-]. The topological polar surface area (TPSA) is 140 Å². The Labute approximate surface area is 142 Å². The summed E-state index contributed by atoms with van der Waals surface area (Å²) in [4.78, 5) is 50.5. The van der Waals surface area contributed by atoms with Crippen LogP contribution in [-0.2, 0) is 19.1 Å². The van der Waals surface area contributed by atoms with Gasteiger partial charge in [-0.25, -0.2) is 4.99 Å². The third-order valence-electron chi connectivity index (χ3n) is 3.40. The number of aliphatic imine (C=N–C) groups is 1. The van der Waals surface area contributed by atoms with E-state index in [2.05, 4.69) is 15.6 Å². The predicted octanol–water partition coefficient (Wildman–Crippen LogP) is 0.437. The first-order valence-corrected chi connectivity index (χ1v) is 7.41. The van der Waals surface area contributed by atoms with Crippen molar-refractivity contribution in [3.8, 4) is 0 Å². The van der Waals surface area contributed by atoms with E-state index < -0.39 is 34.7 Å². The molecule has 132 valence electrons. The fourth-order valence-corrected chi connectivity index (χ4v) is 2.43. The van der Waals surface area contributed by atoms with Crippen molar-refractivity contribution in [1.82, 2.24) is 10.6 Å². The average molecular weight is 348 g/mol. The molecule has 0 saturated carbocycles. The van der Waals surface area contributed by atoms with Gasteiger partial charge in [-0.15, -0.1) is 0 Å². The van der Waals surface area contributed by atoms with Crippen molar-refractivity contribution in [2.45, 2.75) is 19.9 Å². The van der Waals surface area contributed by atoms with Crippen molar-refractivity contribution in [3.05, 3.63) is 39.9 Å². The van der Waals surface area contributed by atoms with Crippen LogP contribution in [0, 0.1) is 16.0 Å². The highest BCUT2D eigenvalue weighted by Gasteiger charge is 2.43. The van der Waals surface area contributed by atoms with Gasteiger partial charge in [0, 0.05) is 13.0 Å². The van der Waals surface area contributed by atoms with Crippen molar-refractivity contribution in [2.24, 2.45) is 10.9 Å². The molecule has 1 aromatic rings. The summed E-state index contributed by atoms with van der Waals surface area (Å²) in [7, 11) is 0. The molecule has 0 bridgehead atoms. The van der Waals surface area contributed by atoms with Crippen LogP contribution >= 0.6 is 0 Å². The van der Waals surface area contributed by atoms with Gasteiger partial charge in [-0.05, 0) is 13.0 Å². The number of nitro groups is 1. The number of ether oxygens (including phenoxy) is 1. The maximum Gasteiger partial charge on any atom is 0.321 e. The second-order valence-electron chi connectivity index (χ2n) is 5.14. The van der Waals surface area contributed by atoms with Gasteiger partial charge in [-0.1, -0.05) is 12.1 Å². The number of nitrogens with zero attached hydrogens (tertiary/aromatic N) is 2. The highest BCUT2D eigenvalue weighted by atomic mass is 16.6. The number of esters is 1. The van der Waals surface area contributed by atoms with Crippen LogP contribution in [0.2, 0.25) is 0 Å². The highest BCUT2D eigenvalue weighted by Crippen LogP contribution is 2.35. The zero-order chi connectivity index (χ0) is 18.6. The van der Waals surface area contributed by atoms with Crippen LogP contribution in [0.25, 0.3) is 0 Å². The summed E-state index contributed by atoms with van der Waals surface area (Å²) in [5.74, 6) is -3.69. The number of carbonyl (C=O) groups is 3. The van der Waals surface area contributed by atoms with Crippen LogP contribution in [-0.4, -0.2) is 35.3 Å². The highest BCUT2D eigenvalue weighted by molar-refractivity contribution is 6.11. The molecule has 10 heteroatoms. The van der Waals surface area contributed by atoms with E-state index in [-0.39, 0.29) is 23.8 Å². The number of amides is 2. The summed E-state index contributed by atoms with van der Waals surface area (Å²) >= 11 is 0. The Bertz CT molecular complexity index is 760. The molecule has 1 aromatic carbocycles. The first kappa shape index (κ1) is 18.0. The molecule has 1 aliphatic rings. The van der Waals surface area contributed by atoms with Gasteiger partial charge in [0.15, 0.2) is 5.92 Å². The number of rotatable bonds is 4. The molecular weight excluding hydrogens is 332 g/mol. The number of guanidine groups is 1. The molecule has 2 amide bonds. The number of benzene rings is 1. The summed E-state index contributed by atoms with van der Waals surface area (Å²) in [6, 6.07) is 4.45. The van der Waals surface area contributed by atoms with Crippen molar-refractivity contribution >= 4 is 29.4 Å². The van der Waals surface area contributed by atoms with E-state index in [1.807, 2.05) is 0 Å². The summed E-state index contributed by atoms with van der Waals surface area (Å²) in [6.07, 6.45) is 0. The van der Waals surface area contributed by atoms with Crippen molar-refractivity contribution < 1.29 is 24.0 Å². The van der Waals surface area contributed by atoms with Gasteiger partial charge in [0.1, 0.15) is 6.04 Å². The predicted molar refractivity (Wildman–Crippen MR) is 85.4 cm³/mol. The number of hydrogen-bond donors (Lipinski definition) is 2. The van der Waals surface area contributed by atoms with Crippen molar-refractivity contribution in [1.29, 1.82) is 0 Å². The fraction of sp³-hybridized carbons (Fsp3) is 0.333. The maximum atomic E-state index is 12.4. The number of hydrogen-bond acceptors (Lipinski definition) is 7. The van der Waals surface area contributed by atoms with Gasteiger partial charge in [-0.3, -0.25) is 35.1 Å². The van der Waals surface area contributed by atoms with E-state index >= 15 is 0 Å². The molecule has 2 N–H and O–H groups in total. The molecule has 0 saturated heterocycles. The number of nitro benzene ring substituents is 1. The Morgan fingerprint density at radius 1 is 1.40 bits per heavy atom. The molecule has 0 aromatic heterocycles. The van der Waals surface area contributed by atoms with E-state index in [9.17, 15) is 24.5 Å². The van der Waals surface area contributed by atoms with Gasteiger partial charge in [0.05, 0.1) is 17.1 Å². The molecule has 10 nitrogen and oxygen atoms in total. The molecule has 2 atom stereocenters. The zero-order valence-corrected chi connectivity index (χ0v) is 13.5. The molecule has 25 heavy (non-hydrogen) atoms. The fourth-order valence-electron chi connectivity index (χ4n) is 2.43. The van der Waals surface area contributed by atoms with Gasteiger partial charge in [-0.2, -0.15) is 0 Å². The minimum atomic E-state index is -1.40. The van der Waals surface area contributed by atoms with Crippen LogP contribution < -0.4 is 10.6 Å². The van der Waals surface area contributed by atoms with Gasteiger partial charge in [0.25, 0.3) is 5.69 Å². The molecule has 0 aliphatic carbocycles. The number of nitrogens with one attached hydrogen (secondary N) is 2. The molecule has 2 rings (SSSR count). The van der Waals surface area contributed by atoms with E-state index in [0.29, 0.717) is 0 Å². The summed E-state index contributed by atoms with van der Waals surface area (Å²) in [5.41, 5.74) is -0.217. The third-order valence-corrected chi connectivity index (χ3v) is 3.40. The van der Waals surface area contributed by atoms with Crippen LogP contribution in [0.15, 0.2) is 29.3 Å². The smallest absolute Gasteiger partial charge is 0.321 e. The van der Waals surface area contributed by atoms with Crippen molar-refractivity contribution in [3.63, 3.8) is 0 Å². The zero-order valence-electron chi connectivity index (χ0n) is 13.5. The molecule has 1 heterocycles. The Hall–Kier alpha value is -3.30. The van der Waals surface area contributed by atoms with E-state index in [0.717, 1.165) is 0 Å². The van der Waals surface area contributed by atoms with E-state index in [1.54, 1.807) is 6.92 Å². The van der Waals surface area contributed by atoms with Gasteiger partial charge >= 0.3 is 5.97 Å². The largest absolute Gasteiger partial charge is 0.465 e. The van der Waals surface area contributed by atoms with Crippen LogP contribution in [0.5, 0.6) is 0 Å². The first-order valence-electron chi connectivity index (χ1n) is 7.41. The second kappa shape index (κ2) is 7.51. The van der Waals surface area contributed by atoms with Gasteiger partial charge in [0.2, 0.25) is 17.8 Å². The molecule has 0 radical (unpaired) electrons. The second-order valence-corrected chi connectivity index (χ2v) is 5.14. The van der Waals surface area contributed by atoms with E-state index in [4.69, 9.17) is 4.74 Å². The molecular formula is C15H16N4O6. The normalized spacial score (nSPS) is 19.4. The Balaban J connectivity index is 2.56. The number of carbonyl (C=O) groups excluding carboxylic acids is 3. The van der Waals surface area contributed by atoms with Crippen LogP contribution in [0.4, 0.5) is 5.69 Å². The third kappa shape index (κ3) is 3.97. The lowest BCUT2D eigenvalue weighted by atomic mass is 9.90.